The molecule has 2 aliphatic heterocycles. The molecule has 2 amide bonds. The molecule has 1 fully saturated rings. The first-order valence-electron chi connectivity index (χ1n) is 7.04. The maximum Gasteiger partial charge on any atom is 0.251 e. The number of rotatable bonds is 2. The van der Waals surface area contributed by atoms with Crippen molar-refractivity contribution in [1.29, 1.82) is 0 Å². The van der Waals surface area contributed by atoms with Gasteiger partial charge in [0.1, 0.15) is 0 Å². The number of carbonyl (C=O) groups excluding carboxylic acids is 2. The van der Waals surface area contributed by atoms with Gasteiger partial charge in [-0.1, -0.05) is 0 Å². The number of anilines is 1. The SMILES string of the molecule is O=C1CCc2cc(C(=O)NC3CCSCC3)ccc2N1. The molecule has 0 atom stereocenters. The lowest BCUT2D eigenvalue weighted by atomic mass is 10.00. The Balaban J connectivity index is 1.70. The zero-order valence-electron chi connectivity index (χ0n) is 11.3. The van der Waals surface area contributed by atoms with Gasteiger partial charge >= 0.3 is 0 Å². The molecule has 20 heavy (non-hydrogen) atoms. The molecule has 2 heterocycles. The summed E-state index contributed by atoms with van der Waals surface area (Å²) in [7, 11) is 0. The molecule has 0 radical (unpaired) electrons. The second-order valence-corrected chi connectivity index (χ2v) is 6.50. The van der Waals surface area contributed by atoms with E-state index in [1.54, 1.807) is 6.07 Å². The number of aryl methyl sites for hydroxylation is 1. The van der Waals surface area contributed by atoms with Gasteiger partial charge in [0.15, 0.2) is 0 Å². The number of thioether (sulfide) groups is 1. The number of carbonyl (C=O) groups is 2. The Bertz CT molecular complexity index is 539. The molecule has 1 aromatic rings. The molecule has 0 unspecified atom stereocenters. The lowest BCUT2D eigenvalue weighted by Crippen LogP contribution is -2.37. The minimum Gasteiger partial charge on any atom is -0.349 e. The van der Waals surface area contributed by atoms with Gasteiger partial charge in [0.25, 0.3) is 5.91 Å². The van der Waals surface area contributed by atoms with Gasteiger partial charge in [-0.05, 0) is 54.5 Å². The third kappa shape index (κ3) is 2.98. The van der Waals surface area contributed by atoms with Crippen molar-refractivity contribution in [3.8, 4) is 0 Å². The summed E-state index contributed by atoms with van der Waals surface area (Å²) in [5.41, 5.74) is 2.58. The van der Waals surface area contributed by atoms with Crippen LogP contribution in [0.4, 0.5) is 5.69 Å². The largest absolute Gasteiger partial charge is 0.349 e. The first-order valence-corrected chi connectivity index (χ1v) is 8.19. The second kappa shape index (κ2) is 5.87. The highest BCUT2D eigenvalue weighted by Crippen LogP contribution is 2.24. The summed E-state index contributed by atoms with van der Waals surface area (Å²) in [4.78, 5) is 23.6. The normalized spacial score (nSPS) is 19.1. The Morgan fingerprint density at radius 2 is 2.05 bits per heavy atom. The topological polar surface area (TPSA) is 58.2 Å². The van der Waals surface area contributed by atoms with E-state index in [1.807, 2.05) is 23.9 Å². The Morgan fingerprint density at radius 3 is 2.85 bits per heavy atom. The zero-order valence-corrected chi connectivity index (χ0v) is 12.1. The van der Waals surface area contributed by atoms with Crippen molar-refractivity contribution in [3.63, 3.8) is 0 Å². The van der Waals surface area contributed by atoms with Gasteiger partial charge in [-0.25, -0.2) is 0 Å². The first kappa shape index (κ1) is 13.5. The summed E-state index contributed by atoms with van der Waals surface area (Å²) >= 11 is 1.95. The zero-order chi connectivity index (χ0) is 13.9. The van der Waals surface area contributed by atoms with E-state index in [2.05, 4.69) is 10.6 Å². The van der Waals surface area contributed by atoms with Crippen LogP contribution in [-0.2, 0) is 11.2 Å². The number of hydrogen-bond donors (Lipinski definition) is 2. The van der Waals surface area contributed by atoms with E-state index >= 15 is 0 Å². The molecule has 2 aliphatic rings. The van der Waals surface area contributed by atoms with E-state index in [4.69, 9.17) is 0 Å². The second-order valence-electron chi connectivity index (χ2n) is 5.28. The number of fused-ring (bicyclic) bond motifs is 1. The van der Waals surface area contributed by atoms with Gasteiger partial charge in [-0.15, -0.1) is 0 Å². The van der Waals surface area contributed by atoms with Crippen LogP contribution < -0.4 is 10.6 Å². The van der Waals surface area contributed by atoms with Crippen LogP contribution in [0.1, 0.15) is 35.2 Å². The molecule has 0 aromatic heterocycles. The number of amides is 2. The van der Waals surface area contributed by atoms with Crippen molar-refractivity contribution in [3.05, 3.63) is 29.3 Å². The van der Waals surface area contributed by atoms with Crippen LogP contribution in [0.15, 0.2) is 18.2 Å². The molecular formula is C15H18N2O2S. The molecule has 1 aromatic carbocycles. The average molecular weight is 290 g/mol. The predicted octanol–water partition coefficient (Wildman–Crippen LogP) is 2.20. The van der Waals surface area contributed by atoms with Crippen LogP contribution in [0.25, 0.3) is 0 Å². The molecule has 0 saturated carbocycles. The summed E-state index contributed by atoms with van der Waals surface area (Å²) in [6.07, 6.45) is 3.31. The standard InChI is InChI=1S/C15H18N2O2S/c18-14-4-2-10-9-11(1-3-13(10)17-14)15(19)16-12-5-7-20-8-6-12/h1,3,9,12H,2,4-8H2,(H,16,19)(H,17,18). The first-order chi connectivity index (χ1) is 9.72. The van der Waals surface area contributed by atoms with E-state index in [1.165, 1.54) is 0 Å². The van der Waals surface area contributed by atoms with E-state index in [0.717, 1.165) is 35.6 Å². The lowest BCUT2D eigenvalue weighted by Gasteiger charge is -2.23. The average Bonchev–Trinajstić information content (AvgIpc) is 2.47. The Kier molecular flexibility index (Phi) is 3.96. The predicted molar refractivity (Wildman–Crippen MR) is 81.2 cm³/mol. The monoisotopic (exact) mass is 290 g/mol. The smallest absolute Gasteiger partial charge is 0.251 e. The minimum atomic E-state index is 0.00148. The molecule has 5 heteroatoms. The summed E-state index contributed by atoms with van der Waals surface area (Å²) < 4.78 is 0. The van der Waals surface area contributed by atoms with Crippen molar-refractivity contribution in [2.75, 3.05) is 16.8 Å². The summed E-state index contributed by atoms with van der Waals surface area (Å²) in [5.74, 6) is 2.30. The third-order valence-corrected chi connectivity index (χ3v) is 4.87. The van der Waals surface area contributed by atoms with Crippen molar-refractivity contribution in [1.82, 2.24) is 5.32 Å². The fraction of sp³-hybridized carbons (Fsp3) is 0.467. The van der Waals surface area contributed by atoms with Crippen molar-refractivity contribution in [2.45, 2.75) is 31.7 Å². The van der Waals surface area contributed by atoms with Crippen LogP contribution in [-0.4, -0.2) is 29.4 Å². The van der Waals surface area contributed by atoms with Crippen LogP contribution in [0, 0.1) is 0 Å². The maximum absolute atomic E-state index is 12.3. The number of benzene rings is 1. The van der Waals surface area contributed by atoms with Gasteiger partial charge in [0, 0.05) is 23.7 Å². The van der Waals surface area contributed by atoms with E-state index in [9.17, 15) is 9.59 Å². The molecule has 2 N–H and O–H groups in total. The van der Waals surface area contributed by atoms with Gasteiger partial charge < -0.3 is 10.6 Å². The van der Waals surface area contributed by atoms with Crippen LogP contribution in [0.3, 0.4) is 0 Å². The van der Waals surface area contributed by atoms with Gasteiger partial charge in [0.05, 0.1) is 0 Å². The summed E-state index contributed by atoms with van der Waals surface area (Å²) in [6.45, 7) is 0. The highest BCUT2D eigenvalue weighted by atomic mass is 32.2. The van der Waals surface area contributed by atoms with Crippen LogP contribution in [0.5, 0.6) is 0 Å². The fourth-order valence-electron chi connectivity index (χ4n) is 2.64. The quantitative estimate of drug-likeness (QED) is 0.878. The van der Waals surface area contributed by atoms with Crippen molar-refractivity contribution >= 4 is 29.3 Å². The van der Waals surface area contributed by atoms with Crippen molar-refractivity contribution in [2.24, 2.45) is 0 Å². The molecule has 0 bridgehead atoms. The summed E-state index contributed by atoms with van der Waals surface area (Å²) in [6, 6.07) is 5.83. The number of nitrogens with one attached hydrogen (secondary N) is 2. The van der Waals surface area contributed by atoms with Gasteiger partial charge in [0.2, 0.25) is 5.91 Å². The molecule has 106 valence electrons. The summed E-state index contributed by atoms with van der Waals surface area (Å²) in [5, 5.41) is 5.95. The molecule has 1 saturated heterocycles. The van der Waals surface area contributed by atoms with Gasteiger partial charge in [-0.3, -0.25) is 9.59 Å². The Morgan fingerprint density at radius 1 is 1.25 bits per heavy atom. The Hall–Kier alpha value is -1.49. The maximum atomic E-state index is 12.3. The molecule has 4 nitrogen and oxygen atoms in total. The third-order valence-electron chi connectivity index (χ3n) is 3.82. The van der Waals surface area contributed by atoms with E-state index in [0.29, 0.717) is 24.4 Å². The van der Waals surface area contributed by atoms with E-state index < -0.39 is 0 Å². The highest BCUT2D eigenvalue weighted by molar-refractivity contribution is 7.99. The molecule has 3 rings (SSSR count). The van der Waals surface area contributed by atoms with Crippen molar-refractivity contribution < 1.29 is 9.59 Å². The lowest BCUT2D eigenvalue weighted by molar-refractivity contribution is -0.116. The minimum absolute atomic E-state index is 0.00148. The highest BCUT2D eigenvalue weighted by Gasteiger charge is 2.19. The molecular weight excluding hydrogens is 272 g/mol. The molecule has 0 spiro atoms. The molecule has 0 aliphatic carbocycles. The van der Waals surface area contributed by atoms with E-state index in [-0.39, 0.29) is 11.8 Å². The van der Waals surface area contributed by atoms with Crippen LogP contribution in [0.2, 0.25) is 0 Å². The van der Waals surface area contributed by atoms with Crippen LogP contribution >= 0.6 is 11.8 Å². The fourth-order valence-corrected chi connectivity index (χ4v) is 3.74. The Labute approximate surface area is 122 Å². The van der Waals surface area contributed by atoms with Gasteiger partial charge in [-0.2, -0.15) is 11.8 Å². The number of hydrogen-bond acceptors (Lipinski definition) is 3.